The molecule has 2 aliphatic rings. The molecule has 8 aromatic rings. The third-order valence-corrected chi connectivity index (χ3v) is 16.5. The summed E-state index contributed by atoms with van der Waals surface area (Å²) in [4.78, 5) is 105. The molecule has 83 heavy (non-hydrogen) atoms. The van der Waals surface area contributed by atoms with Gasteiger partial charge >= 0.3 is 28.8 Å². The highest BCUT2D eigenvalue weighted by atomic mass is 33.1. The maximum Gasteiger partial charge on any atom is 0.336 e. The fourth-order valence-corrected chi connectivity index (χ4v) is 11.9. The smallest absolute Gasteiger partial charge is 0.336 e. The van der Waals surface area contributed by atoms with Crippen LogP contribution >= 0.6 is 43.2 Å². The number of hydrogen-bond acceptors (Lipinski definition) is 19. The average Bonchev–Trinajstić information content (AvgIpc) is 3.08. The number of carbonyl (C=O) groups excluding carboxylic acids is 3. The Kier molecular flexibility index (Phi) is 20.5. The number of aromatic carboxylic acids is 1. The van der Waals surface area contributed by atoms with Crippen molar-refractivity contribution in [2.24, 2.45) is 0 Å². The number of aromatic hydroxyl groups is 1. The molecular weight excluding hydrogens is 1150 g/mol. The lowest BCUT2D eigenvalue weighted by Gasteiger charge is -2.17. The summed E-state index contributed by atoms with van der Waals surface area (Å²) in [5.74, 6) is -0.306. The Bertz CT molecular complexity index is 4280. The molecule has 0 atom stereocenters. The Balaban J connectivity index is 0.000000210. The second-order valence-corrected chi connectivity index (χ2v) is 23.2. The highest BCUT2D eigenvalue weighted by molar-refractivity contribution is 8.77. The van der Waals surface area contributed by atoms with Gasteiger partial charge in [0.05, 0.1) is 12.0 Å². The number of aliphatic carboxylic acids is 1. The molecule has 24 heteroatoms. The van der Waals surface area contributed by atoms with E-state index < -0.39 is 23.2 Å². The molecule has 0 bridgehead atoms. The van der Waals surface area contributed by atoms with E-state index in [1.807, 2.05) is 0 Å². The lowest BCUT2D eigenvalue weighted by Crippen LogP contribution is -2.13. The topological polar surface area (TPSA) is 329 Å². The van der Waals surface area contributed by atoms with E-state index in [1.165, 1.54) is 91.7 Å². The number of benzene rings is 6. The van der Waals surface area contributed by atoms with Crippen LogP contribution < -0.4 is 44.0 Å². The van der Waals surface area contributed by atoms with Crippen LogP contribution in [0.2, 0.25) is 0 Å². The zero-order valence-corrected chi connectivity index (χ0v) is 46.6. The van der Waals surface area contributed by atoms with E-state index in [1.54, 1.807) is 97.1 Å². The monoisotopic (exact) mass is 1200 g/mol. The van der Waals surface area contributed by atoms with Crippen molar-refractivity contribution in [3.05, 3.63) is 193 Å². The van der Waals surface area contributed by atoms with Crippen molar-refractivity contribution in [2.75, 3.05) is 44.7 Å². The fraction of sp³-hybridized carbons (Fsp3) is 0.136. The fourth-order valence-electron chi connectivity index (χ4n) is 7.99. The molecule has 0 unspecified atom stereocenters. The highest BCUT2D eigenvalue weighted by Gasteiger charge is 2.23. The van der Waals surface area contributed by atoms with Gasteiger partial charge in [0.25, 0.3) is 0 Å². The molecular formula is C59H48N4O16S4. The summed E-state index contributed by atoms with van der Waals surface area (Å²) in [6.07, 6.45) is 0.886. The first-order valence-corrected chi connectivity index (χ1v) is 30.0. The second kappa shape index (κ2) is 28.5. The minimum Gasteiger partial charge on any atom is -0.508 e. The van der Waals surface area contributed by atoms with Crippen molar-refractivity contribution in [3.8, 4) is 28.2 Å². The first-order chi connectivity index (χ1) is 39.9. The van der Waals surface area contributed by atoms with Crippen LogP contribution in [-0.4, -0.2) is 68.0 Å². The van der Waals surface area contributed by atoms with E-state index in [9.17, 15) is 53.4 Å². The van der Waals surface area contributed by atoms with Gasteiger partial charge in [0, 0.05) is 128 Å². The predicted molar refractivity (Wildman–Crippen MR) is 327 cm³/mol. The van der Waals surface area contributed by atoms with Crippen LogP contribution in [0, 0.1) is 0 Å². The molecule has 424 valence electrons. The summed E-state index contributed by atoms with van der Waals surface area (Å²) in [6, 6.07) is 37.5. The molecule has 3 amide bonds. The van der Waals surface area contributed by atoms with Gasteiger partial charge in [-0.2, -0.15) is 0 Å². The second-order valence-electron chi connectivity index (χ2n) is 17.8. The van der Waals surface area contributed by atoms with Gasteiger partial charge in [0.15, 0.2) is 5.43 Å². The van der Waals surface area contributed by atoms with E-state index in [0.717, 1.165) is 10.8 Å². The zero-order chi connectivity index (χ0) is 59.0. The molecule has 0 saturated carbocycles. The van der Waals surface area contributed by atoms with Crippen molar-refractivity contribution in [1.82, 2.24) is 0 Å². The summed E-state index contributed by atoms with van der Waals surface area (Å²) >= 11 is 0. The van der Waals surface area contributed by atoms with Crippen LogP contribution in [0.25, 0.3) is 66.3 Å². The molecule has 0 radical (unpaired) electrons. The first kappa shape index (κ1) is 59.9. The van der Waals surface area contributed by atoms with Gasteiger partial charge in [-0.15, -0.1) is 0 Å². The van der Waals surface area contributed by atoms with E-state index in [-0.39, 0.29) is 70.7 Å². The largest absolute Gasteiger partial charge is 0.508 e. The molecule has 10 rings (SSSR count). The third kappa shape index (κ3) is 17.2. The van der Waals surface area contributed by atoms with Crippen LogP contribution in [0.1, 0.15) is 36.0 Å². The van der Waals surface area contributed by atoms with Crippen LogP contribution in [0.5, 0.6) is 5.75 Å². The number of phenols is 1. The number of hydrogen-bond donors (Lipinski definition) is 7. The van der Waals surface area contributed by atoms with E-state index >= 15 is 0 Å². The van der Waals surface area contributed by atoms with E-state index in [2.05, 4.69) is 16.0 Å². The van der Waals surface area contributed by atoms with Crippen molar-refractivity contribution in [2.45, 2.75) is 25.7 Å². The zero-order valence-electron chi connectivity index (χ0n) is 43.4. The van der Waals surface area contributed by atoms with Gasteiger partial charge < -0.3 is 54.7 Å². The standard InChI is InChI=1S/C35H26N2O9S2.C15H15NO5S2.C9H7NO2/c38-22-4-7-25-29(17-22)45-30-18-23(39)5-8-26(30)34(25)24-6-2-21(16-27(24)35(43)44)37-32(41)12-14-48-47-13-11-31(40)36-20-3-9-28-19(15-20)1-10-33(42)46-28;17-13(5-7-22-23-8-6-14(18)19)16-11-2-3-12-10(9-11)1-4-15(20)21-12;10-7-2-3-8-6(5-7)1-4-9(11)12-8/h1-10,15-18,38H,11-14H2,(H,36,40)(H,37,41)(H,43,44);1-4,9H,5-8H2,(H,16,17)(H,18,19);1-5H,10H2. The molecule has 1 aliphatic heterocycles. The number of nitrogens with two attached hydrogens (primary N) is 1. The number of nitrogens with one attached hydrogen (secondary N) is 3. The number of rotatable bonds is 19. The van der Waals surface area contributed by atoms with E-state index in [0.29, 0.717) is 96.4 Å². The number of fused-ring (bicyclic) bond motifs is 5. The number of anilines is 4. The van der Waals surface area contributed by atoms with Crippen molar-refractivity contribution < 1.29 is 57.0 Å². The van der Waals surface area contributed by atoms with Crippen LogP contribution in [-0.2, 0) is 19.2 Å². The Hall–Kier alpha value is -9.23. The normalized spacial score (nSPS) is 10.9. The molecule has 8 N–H and O–H groups in total. The average molecular weight is 1200 g/mol. The van der Waals surface area contributed by atoms with E-state index in [4.69, 9.17) is 28.5 Å². The van der Waals surface area contributed by atoms with Gasteiger partial charge in [-0.05, 0) is 115 Å². The SMILES string of the molecule is Nc1ccc2oc(=O)ccc2c1.O=C(CCSSCCC(=O)Nc1ccc2oc(=O)ccc2c1)Nc1ccc(-c2c3ccc(=O)cc-3oc3cc(O)ccc23)c(C(=O)O)c1.O=C(O)CCSSCCC(=O)Nc1ccc2oc(=O)ccc2c1. The summed E-state index contributed by atoms with van der Waals surface area (Å²) in [6.45, 7) is 0. The Morgan fingerprint density at radius 3 is 1.41 bits per heavy atom. The molecule has 3 aromatic heterocycles. The van der Waals surface area contributed by atoms with Gasteiger partial charge in [0.2, 0.25) is 17.7 Å². The number of amides is 3. The van der Waals surface area contributed by atoms with Crippen molar-refractivity contribution in [3.63, 3.8) is 0 Å². The number of carbonyl (C=O) groups is 5. The maximum atomic E-state index is 12.7. The molecule has 0 saturated heterocycles. The number of phenolic OH excluding ortho intramolecular Hbond substituents is 1. The maximum absolute atomic E-state index is 12.7. The third-order valence-electron chi connectivity index (χ3n) is 11.7. The minimum atomic E-state index is -1.22. The summed E-state index contributed by atoms with van der Waals surface area (Å²) in [5.41, 5.74) is 9.32. The summed E-state index contributed by atoms with van der Waals surface area (Å²) in [5, 5.41) is 39.8. The molecule has 0 fully saturated rings. The lowest BCUT2D eigenvalue weighted by molar-refractivity contribution is -0.136. The number of carboxylic acids is 2. The lowest BCUT2D eigenvalue weighted by atomic mass is 9.90. The van der Waals surface area contributed by atoms with Crippen molar-refractivity contribution >= 4 is 139 Å². The van der Waals surface area contributed by atoms with Crippen LogP contribution in [0.4, 0.5) is 22.7 Å². The summed E-state index contributed by atoms with van der Waals surface area (Å²) < 4.78 is 20.9. The quantitative estimate of drug-likeness (QED) is 0.0130. The Morgan fingerprint density at radius 2 is 0.904 bits per heavy atom. The molecule has 1 aliphatic carbocycles. The first-order valence-electron chi connectivity index (χ1n) is 25.0. The molecule has 5 aromatic carbocycles. The Morgan fingerprint density at radius 1 is 0.446 bits per heavy atom. The van der Waals surface area contributed by atoms with Crippen LogP contribution in [0.3, 0.4) is 0 Å². The minimum absolute atomic E-state index is 0.0513. The number of carboxylic acid groups (broad SMARTS) is 2. The van der Waals surface area contributed by atoms with Crippen molar-refractivity contribution in [1.29, 1.82) is 0 Å². The van der Waals surface area contributed by atoms with Gasteiger partial charge in [0.1, 0.15) is 33.8 Å². The van der Waals surface area contributed by atoms with Gasteiger partial charge in [-0.1, -0.05) is 49.2 Å². The highest BCUT2D eigenvalue weighted by Crippen LogP contribution is 2.42. The molecule has 0 spiro atoms. The molecule has 4 heterocycles. The van der Waals surface area contributed by atoms with Gasteiger partial charge in [-0.25, -0.2) is 19.2 Å². The Labute approximate surface area is 485 Å². The number of nitrogen functional groups attached to an aromatic ring is 1. The van der Waals surface area contributed by atoms with Crippen LogP contribution in [0.15, 0.2) is 182 Å². The van der Waals surface area contributed by atoms with Gasteiger partial charge in [-0.3, -0.25) is 24.0 Å². The predicted octanol–water partition coefficient (Wildman–Crippen LogP) is 11.2. The molecule has 20 nitrogen and oxygen atoms in total. The summed E-state index contributed by atoms with van der Waals surface area (Å²) in [7, 11) is 5.83.